The van der Waals surface area contributed by atoms with Crippen LogP contribution in [-0.4, -0.2) is 29.2 Å². The van der Waals surface area contributed by atoms with Crippen molar-refractivity contribution >= 4 is 17.7 Å². The van der Waals surface area contributed by atoms with E-state index in [2.05, 4.69) is 10.6 Å². The number of benzene rings is 1. The first-order valence-corrected chi connectivity index (χ1v) is 7.14. The van der Waals surface area contributed by atoms with Crippen LogP contribution >= 0.6 is 0 Å². The molecular formula is C15H21N3O3. The van der Waals surface area contributed by atoms with E-state index in [0.29, 0.717) is 11.3 Å². The summed E-state index contributed by atoms with van der Waals surface area (Å²) in [5, 5.41) is 14.6. The fourth-order valence-corrected chi connectivity index (χ4v) is 2.60. The van der Waals surface area contributed by atoms with E-state index >= 15 is 0 Å². The number of rotatable bonds is 3. The van der Waals surface area contributed by atoms with E-state index in [0.717, 1.165) is 25.7 Å². The molecule has 0 aliphatic heterocycles. The topological polar surface area (TPSA) is 104 Å². The zero-order chi connectivity index (χ0) is 15.4. The van der Waals surface area contributed by atoms with E-state index in [1.807, 2.05) is 0 Å². The van der Waals surface area contributed by atoms with Gasteiger partial charge in [-0.05, 0) is 37.5 Å². The van der Waals surface area contributed by atoms with Gasteiger partial charge in [0.1, 0.15) is 0 Å². The van der Waals surface area contributed by atoms with Crippen LogP contribution in [0, 0.1) is 6.92 Å². The summed E-state index contributed by atoms with van der Waals surface area (Å²) in [6, 6.07) is 4.42. The second-order valence-electron chi connectivity index (χ2n) is 5.49. The molecule has 114 valence electrons. The second kappa shape index (κ2) is 6.58. The molecule has 6 heteroatoms. The van der Waals surface area contributed by atoms with Gasteiger partial charge in [0.2, 0.25) is 0 Å². The molecule has 2 atom stereocenters. The lowest BCUT2D eigenvalue weighted by Crippen LogP contribution is -2.50. The van der Waals surface area contributed by atoms with Gasteiger partial charge in [-0.15, -0.1) is 0 Å². The first kappa shape index (κ1) is 15.3. The molecule has 6 nitrogen and oxygen atoms in total. The number of carbonyl (C=O) groups excluding carboxylic acids is 1. The average molecular weight is 291 g/mol. The zero-order valence-corrected chi connectivity index (χ0v) is 12.1. The van der Waals surface area contributed by atoms with E-state index in [4.69, 9.17) is 10.8 Å². The van der Waals surface area contributed by atoms with Crippen LogP contribution in [0.1, 0.15) is 41.6 Å². The highest BCUT2D eigenvalue weighted by Crippen LogP contribution is 2.18. The molecule has 5 N–H and O–H groups in total. The maximum absolute atomic E-state index is 12.0. The molecule has 2 unspecified atom stereocenters. The summed E-state index contributed by atoms with van der Waals surface area (Å²) in [4.78, 5) is 23.0. The zero-order valence-electron chi connectivity index (χ0n) is 12.1. The average Bonchev–Trinajstić information content (AvgIpc) is 2.43. The number of hydrogen-bond acceptors (Lipinski definition) is 3. The molecule has 1 aromatic rings. The molecular weight excluding hydrogens is 270 g/mol. The van der Waals surface area contributed by atoms with Crippen molar-refractivity contribution in [2.75, 3.05) is 5.32 Å². The molecule has 1 aliphatic rings. The van der Waals surface area contributed by atoms with Crippen molar-refractivity contribution in [3.63, 3.8) is 0 Å². The van der Waals surface area contributed by atoms with Gasteiger partial charge in [0.15, 0.2) is 0 Å². The summed E-state index contributed by atoms with van der Waals surface area (Å²) < 4.78 is 0. The van der Waals surface area contributed by atoms with Gasteiger partial charge in [0.25, 0.3) is 0 Å². The van der Waals surface area contributed by atoms with Gasteiger partial charge >= 0.3 is 12.0 Å². The third-order valence-electron chi connectivity index (χ3n) is 3.86. The van der Waals surface area contributed by atoms with Crippen molar-refractivity contribution in [2.24, 2.45) is 5.73 Å². The molecule has 2 rings (SSSR count). The monoisotopic (exact) mass is 291 g/mol. The molecule has 1 fully saturated rings. The number of aryl methyl sites for hydroxylation is 1. The number of nitrogens with two attached hydrogens (primary N) is 1. The number of urea groups is 1. The Balaban J connectivity index is 1.99. The summed E-state index contributed by atoms with van der Waals surface area (Å²) in [6.07, 6.45) is 3.95. The lowest BCUT2D eigenvalue weighted by molar-refractivity contribution is 0.0696. The van der Waals surface area contributed by atoms with E-state index in [-0.39, 0.29) is 23.7 Å². The van der Waals surface area contributed by atoms with Crippen LogP contribution in [0.3, 0.4) is 0 Å². The van der Waals surface area contributed by atoms with Crippen LogP contribution < -0.4 is 16.4 Å². The van der Waals surface area contributed by atoms with E-state index < -0.39 is 5.97 Å². The van der Waals surface area contributed by atoms with Gasteiger partial charge in [-0.3, -0.25) is 0 Å². The van der Waals surface area contributed by atoms with Gasteiger partial charge < -0.3 is 21.5 Å². The highest BCUT2D eigenvalue weighted by atomic mass is 16.4. The third kappa shape index (κ3) is 3.95. The van der Waals surface area contributed by atoms with Crippen molar-refractivity contribution in [1.29, 1.82) is 0 Å². The molecule has 0 bridgehead atoms. The Morgan fingerprint density at radius 2 is 2.00 bits per heavy atom. The lowest BCUT2D eigenvalue weighted by atomic mass is 9.91. The van der Waals surface area contributed by atoms with Gasteiger partial charge in [0, 0.05) is 17.8 Å². The Labute approximate surface area is 123 Å². The fourth-order valence-electron chi connectivity index (χ4n) is 2.60. The number of nitrogens with one attached hydrogen (secondary N) is 2. The van der Waals surface area contributed by atoms with Crippen LogP contribution in [0.25, 0.3) is 0 Å². The number of amides is 2. The molecule has 0 aromatic heterocycles. The lowest BCUT2D eigenvalue weighted by Gasteiger charge is -2.29. The number of anilines is 1. The number of carboxylic acid groups (broad SMARTS) is 1. The predicted molar refractivity (Wildman–Crippen MR) is 80.5 cm³/mol. The van der Waals surface area contributed by atoms with Crippen LogP contribution in [0.4, 0.5) is 10.5 Å². The molecule has 2 amide bonds. The second-order valence-corrected chi connectivity index (χ2v) is 5.49. The van der Waals surface area contributed by atoms with Crippen LogP contribution in [0.15, 0.2) is 18.2 Å². The van der Waals surface area contributed by atoms with Crippen molar-refractivity contribution in [3.8, 4) is 0 Å². The minimum absolute atomic E-state index is 0.0166. The maximum atomic E-state index is 12.0. The molecule has 0 radical (unpaired) electrons. The maximum Gasteiger partial charge on any atom is 0.336 e. The van der Waals surface area contributed by atoms with E-state index in [9.17, 15) is 9.59 Å². The Morgan fingerprint density at radius 1 is 1.29 bits per heavy atom. The Kier molecular flexibility index (Phi) is 4.80. The highest BCUT2D eigenvalue weighted by Gasteiger charge is 2.23. The highest BCUT2D eigenvalue weighted by molar-refractivity contribution is 5.94. The van der Waals surface area contributed by atoms with Gasteiger partial charge in [-0.25, -0.2) is 9.59 Å². The predicted octanol–water partition coefficient (Wildman–Crippen LogP) is 2.08. The summed E-state index contributed by atoms with van der Waals surface area (Å²) in [7, 11) is 0. The van der Waals surface area contributed by atoms with Gasteiger partial charge in [-0.2, -0.15) is 0 Å². The molecule has 1 saturated carbocycles. The van der Waals surface area contributed by atoms with Crippen LogP contribution in [0.2, 0.25) is 0 Å². The quantitative estimate of drug-likeness (QED) is 0.684. The summed E-state index contributed by atoms with van der Waals surface area (Å²) >= 11 is 0. The van der Waals surface area contributed by atoms with Crippen molar-refractivity contribution in [1.82, 2.24) is 5.32 Å². The minimum atomic E-state index is -1.01. The normalized spacial score (nSPS) is 21.6. The van der Waals surface area contributed by atoms with Gasteiger partial charge in [-0.1, -0.05) is 18.9 Å². The number of hydrogen-bond donors (Lipinski definition) is 4. The number of aromatic carboxylic acids is 1. The molecule has 1 aliphatic carbocycles. The van der Waals surface area contributed by atoms with Crippen molar-refractivity contribution in [3.05, 3.63) is 29.3 Å². The Hall–Kier alpha value is -2.08. The van der Waals surface area contributed by atoms with Gasteiger partial charge in [0.05, 0.1) is 5.56 Å². The SMILES string of the molecule is Cc1ccc(NC(=O)NC2CCCCC2N)cc1C(=O)O. The van der Waals surface area contributed by atoms with Crippen LogP contribution in [0.5, 0.6) is 0 Å². The first-order valence-electron chi connectivity index (χ1n) is 7.14. The smallest absolute Gasteiger partial charge is 0.336 e. The third-order valence-corrected chi connectivity index (χ3v) is 3.86. The Morgan fingerprint density at radius 3 is 2.67 bits per heavy atom. The molecule has 0 spiro atoms. The first-order chi connectivity index (χ1) is 9.97. The standard InChI is InChI=1S/C15H21N3O3/c1-9-6-7-10(8-11(9)14(19)20)17-15(21)18-13-5-3-2-4-12(13)16/h6-8,12-13H,2-5,16H2,1H3,(H,19,20)(H2,17,18,21). The molecule has 0 heterocycles. The summed E-state index contributed by atoms with van der Waals surface area (Å²) in [5.74, 6) is -1.01. The molecule has 21 heavy (non-hydrogen) atoms. The van der Waals surface area contributed by atoms with Crippen LogP contribution in [-0.2, 0) is 0 Å². The van der Waals surface area contributed by atoms with Crippen molar-refractivity contribution in [2.45, 2.75) is 44.7 Å². The Bertz CT molecular complexity index is 545. The molecule has 1 aromatic carbocycles. The minimum Gasteiger partial charge on any atom is -0.478 e. The number of carboxylic acids is 1. The van der Waals surface area contributed by atoms with E-state index in [1.165, 1.54) is 6.07 Å². The number of carbonyl (C=O) groups is 2. The largest absolute Gasteiger partial charge is 0.478 e. The summed E-state index contributed by atoms with van der Waals surface area (Å²) in [5.41, 5.74) is 7.28. The molecule has 0 saturated heterocycles. The van der Waals surface area contributed by atoms with Crippen molar-refractivity contribution < 1.29 is 14.7 Å². The fraction of sp³-hybridized carbons (Fsp3) is 0.467. The summed E-state index contributed by atoms with van der Waals surface area (Å²) in [6.45, 7) is 1.72. The van der Waals surface area contributed by atoms with E-state index in [1.54, 1.807) is 19.1 Å².